The average Bonchev–Trinajstić information content (AvgIpc) is 2.88. The van der Waals surface area contributed by atoms with Crippen molar-refractivity contribution in [2.24, 2.45) is 5.92 Å². The average molecular weight is 297 g/mol. The van der Waals surface area contributed by atoms with E-state index in [0.717, 1.165) is 42.9 Å². The Morgan fingerprint density at radius 1 is 1.45 bits per heavy atom. The second-order valence-electron chi connectivity index (χ2n) is 5.17. The zero-order valence-corrected chi connectivity index (χ0v) is 12.3. The predicted molar refractivity (Wildman–Crippen MR) is 74.8 cm³/mol. The van der Waals surface area contributed by atoms with Gasteiger partial charge in [-0.1, -0.05) is 24.3 Å². The summed E-state index contributed by atoms with van der Waals surface area (Å²) >= 11 is 1.10. The molecule has 2 rings (SSSR count). The van der Waals surface area contributed by atoms with Crippen LogP contribution in [0.25, 0.3) is 0 Å². The highest BCUT2D eigenvalue weighted by Crippen LogP contribution is 2.25. The zero-order chi connectivity index (χ0) is 14.5. The number of aromatic nitrogens is 2. The number of aliphatic carboxylic acids is 1. The van der Waals surface area contributed by atoms with Crippen LogP contribution in [-0.4, -0.2) is 32.6 Å². The third-order valence-corrected chi connectivity index (χ3v) is 4.37. The number of hydrogen-bond donors (Lipinski definition) is 2. The van der Waals surface area contributed by atoms with Crippen molar-refractivity contribution in [1.82, 2.24) is 14.9 Å². The summed E-state index contributed by atoms with van der Waals surface area (Å²) in [5.41, 5.74) is 0.737. The third kappa shape index (κ3) is 3.53. The van der Waals surface area contributed by atoms with Gasteiger partial charge in [-0.05, 0) is 37.2 Å². The van der Waals surface area contributed by atoms with Gasteiger partial charge in [-0.25, -0.2) is 0 Å². The van der Waals surface area contributed by atoms with Crippen LogP contribution in [0.1, 0.15) is 54.4 Å². The molecule has 1 aliphatic rings. The van der Waals surface area contributed by atoms with Crippen molar-refractivity contribution in [2.75, 3.05) is 0 Å². The summed E-state index contributed by atoms with van der Waals surface area (Å²) in [6, 6.07) is -0.0612. The second kappa shape index (κ2) is 6.78. The van der Waals surface area contributed by atoms with Gasteiger partial charge in [0, 0.05) is 6.04 Å². The predicted octanol–water partition coefficient (Wildman–Crippen LogP) is 1.86. The van der Waals surface area contributed by atoms with Crippen molar-refractivity contribution in [2.45, 2.75) is 51.5 Å². The monoisotopic (exact) mass is 297 g/mol. The number of carbonyl (C=O) groups is 2. The molecule has 1 heterocycles. The SMILES string of the molecule is CCCc1nnsc1C(=O)NC1CCCC(C(=O)O)C1. The number of carboxylic acid groups (broad SMARTS) is 1. The number of nitrogens with one attached hydrogen (secondary N) is 1. The van der Waals surface area contributed by atoms with Gasteiger partial charge < -0.3 is 10.4 Å². The van der Waals surface area contributed by atoms with Gasteiger partial charge in [0.15, 0.2) is 0 Å². The van der Waals surface area contributed by atoms with Crippen molar-refractivity contribution in [3.8, 4) is 0 Å². The van der Waals surface area contributed by atoms with E-state index < -0.39 is 5.97 Å². The van der Waals surface area contributed by atoms with Gasteiger partial charge in [-0.15, -0.1) is 5.10 Å². The molecule has 1 aliphatic carbocycles. The van der Waals surface area contributed by atoms with Gasteiger partial charge >= 0.3 is 5.97 Å². The number of rotatable bonds is 5. The van der Waals surface area contributed by atoms with Gasteiger partial charge in [-0.3, -0.25) is 9.59 Å². The summed E-state index contributed by atoms with van der Waals surface area (Å²) in [5.74, 6) is -1.28. The maximum Gasteiger partial charge on any atom is 0.306 e. The molecule has 2 atom stereocenters. The molecule has 1 aromatic rings. The lowest BCUT2D eigenvalue weighted by Crippen LogP contribution is -2.39. The standard InChI is InChI=1S/C13H19N3O3S/c1-2-4-10-11(20-16-15-10)12(17)14-9-6-3-5-8(7-9)13(18)19/h8-9H,2-7H2,1H3,(H,14,17)(H,18,19). The molecule has 1 aromatic heterocycles. The van der Waals surface area contributed by atoms with E-state index >= 15 is 0 Å². The fourth-order valence-corrected chi connectivity index (χ4v) is 3.19. The Bertz CT molecular complexity index is 489. The van der Waals surface area contributed by atoms with Crippen LogP contribution in [-0.2, 0) is 11.2 Å². The first-order valence-corrected chi connectivity index (χ1v) is 7.74. The van der Waals surface area contributed by atoms with Gasteiger partial charge in [0.1, 0.15) is 4.88 Å². The minimum atomic E-state index is -0.768. The summed E-state index contributed by atoms with van der Waals surface area (Å²) < 4.78 is 3.83. The molecule has 1 amide bonds. The molecule has 0 bridgehead atoms. The van der Waals surface area contributed by atoms with E-state index in [0.29, 0.717) is 17.7 Å². The molecule has 0 aromatic carbocycles. The molecule has 2 unspecified atom stereocenters. The van der Waals surface area contributed by atoms with Crippen LogP contribution in [0.2, 0.25) is 0 Å². The second-order valence-corrected chi connectivity index (χ2v) is 5.93. The topological polar surface area (TPSA) is 92.2 Å². The minimum Gasteiger partial charge on any atom is -0.481 e. The Labute approximate surface area is 121 Å². The van der Waals surface area contributed by atoms with Crippen molar-refractivity contribution in [3.05, 3.63) is 10.6 Å². The van der Waals surface area contributed by atoms with Crippen LogP contribution in [0.3, 0.4) is 0 Å². The lowest BCUT2D eigenvalue weighted by molar-refractivity contribution is -0.143. The zero-order valence-electron chi connectivity index (χ0n) is 11.5. The smallest absolute Gasteiger partial charge is 0.306 e. The number of carbonyl (C=O) groups excluding carboxylic acids is 1. The number of nitrogens with zero attached hydrogens (tertiary/aromatic N) is 2. The molecule has 20 heavy (non-hydrogen) atoms. The van der Waals surface area contributed by atoms with Crippen LogP contribution in [0.4, 0.5) is 0 Å². The Morgan fingerprint density at radius 3 is 2.95 bits per heavy atom. The van der Waals surface area contributed by atoms with Crippen LogP contribution in [0.5, 0.6) is 0 Å². The highest BCUT2D eigenvalue weighted by atomic mass is 32.1. The van der Waals surface area contributed by atoms with Crippen LogP contribution < -0.4 is 5.32 Å². The Hall–Kier alpha value is -1.50. The first-order valence-electron chi connectivity index (χ1n) is 6.96. The van der Waals surface area contributed by atoms with E-state index in [4.69, 9.17) is 5.11 Å². The first-order chi connectivity index (χ1) is 9.61. The molecule has 110 valence electrons. The van der Waals surface area contributed by atoms with Crippen molar-refractivity contribution in [1.29, 1.82) is 0 Å². The lowest BCUT2D eigenvalue weighted by atomic mass is 9.86. The molecule has 0 aliphatic heterocycles. The highest BCUT2D eigenvalue weighted by Gasteiger charge is 2.28. The fourth-order valence-electron chi connectivity index (χ4n) is 2.58. The maximum absolute atomic E-state index is 12.2. The number of aryl methyl sites for hydroxylation is 1. The van der Waals surface area contributed by atoms with Crippen LogP contribution >= 0.6 is 11.5 Å². The summed E-state index contributed by atoms with van der Waals surface area (Å²) in [4.78, 5) is 23.8. The number of carboxylic acids is 1. The molecule has 0 spiro atoms. The summed E-state index contributed by atoms with van der Waals surface area (Å²) in [7, 11) is 0. The number of hydrogen-bond acceptors (Lipinski definition) is 5. The van der Waals surface area contributed by atoms with Crippen LogP contribution in [0, 0.1) is 5.92 Å². The maximum atomic E-state index is 12.2. The molecular weight excluding hydrogens is 278 g/mol. The van der Waals surface area contributed by atoms with E-state index in [1.165, 1.54) is 0 Å². The minimum absolute atomic E-state index is 0.0612. The summed E-state index contributed by atoms with van der Waals surface area (Å²) in [6.45, 7) is 2.03. The van der Waals surface area contributed by atoms with E-state index in [9.17, 15) is 9.59 Å². The van der Waals surface area contributed by atoms with E-state index in [2.05, 4.69) is 14.9 Å². The molecule has 0 saturated heterocycles. The van der Waals surface area contributed by atoms with E-state index in [1.54, 1.807) is 0 Å². The van der Waals surface area contributed by atoms with Gasteiger partial charge in [0.25, 0.3) is 5.91 Å². The Kier molecular flexibility index (Phi) is 5.05. The molecular formula is C13H19N3O3S. The van der Waals surface area contributed by atoms with Crippen LogP contribution in [0.15, 0.2) is 0 Å². The Balaban J connectivity index is 1.97. The summed E-state index contributed by atoms with van der Waals surface area (Å²) in [6.07, 6.45) is 4.54. The van der Waals surface area contributed by atoms with Crippen molar-refractivity contribution >= 4 is 23.4 Å². The largest absolute Gasteiger partial charge is 0.481 e. The molecule has 1 fully saturated rings. The molecule has 2 N–H and O–H groups in total. The fraction of sp³-hybridized carbons (Fsp3) is 0.692. The summed E-state index contributed by atoms with van der Waals surface area (Å²) in [5, 5.41) is 16.0. The first kappa shape index (κ1) is 14.9. The highest BCUT2D eigenvalue weighted by molar-refractivity contribution is 7.08. The van der Waals surface area contributed by atoms with Gasteiger partial charge in [0.05, 0.1) is 11.6 Å². The number of amides is 1. The Morgan fingerprint density at radius 2 is 2.25 bits per heavy atom. The normalized spacial score (nSPS) is 22.4. The van der Waals surface area contributed by atoms with Gasteiger partial charge in [-0.2, -0.15) is 0 Å². The van der Waals surface area contributed by atoms with E-state index in [-0.39, 0.29) is 17.9 Å². The molecule has 7 heteroatoms. The van der Waals surface area contributed by atoms with Crippen molar-refractivity contribution in [3.63, 3.8) is 0 Å². The molecule has 1 saturated carbocycles. The molecule has 0 radical (unpaired) electrons. The van der Waals surface area contributed by atoms with Gasteiger partial charge in [0.2, 0.25) is 0 Å². The van der Waals surface area contributed by atoms with Crippen molar-refractivity contribution < 1.29 is 14.7 Å². The third-order valence-electron chi connectivity index (χ3n) is 3.61. The van der Waals surface area contributed by atoms with E-state index in [1.807, 2.05) is 6.92 Å². The quantitative estimate of drug-likeness (QED) is 0.865. The molecule has 6 nitrogen and oxygen atoms in total. The lowest BCUT2D eigenvalue weighted by Gasteiger charge is -2.27.